The molecule has 1 amide bonds. The summed E-state index contributed by atoms with van der Waals surface area (Å²) in [5, 5.41) is 4.77. The zero-order chi connectivity index (χ0) is 20.5. The van der Waals surface area contributed by atoms with E-state index in [1.807, 2.05) is 30.1 Å². The summed E-state index contributed by atoms with van der Waals surface area (Å²) in [7, 11) is 2.03. The van der Waals surface area contributed by atoms with Crippen molar-refractivity contribution >= 4 is 23.2 Å². The van der Waals surface area contributed by atoms with E-state index in [0.29, 0.717) is 36.0 Å². The Bertz CT molecular complexity index is 1050. The molecule has 0 unspecified atom stereocenters. The van der Waals surface area contributed by atoms with Gasteiger partial charge in [0.1, 0.15) is 11.0 Å². The van der Waals surface area contributed by atoms with E-state index in [2.05, 4.69) is 16.1 Å². The van der Waals surface area contributed by atoms with Crippen LogP contribution in [-0.4, -0.2) is 40.7 Å². The van der Waals surface area contributed by atoms with Crippen LogP contribution in [0.4, 0.5) is 10.1 Å². The van der Waals surface area contributed by atoms with Gasteiger partial charge in [-0.1, -0.05) is 41.9 Å². The smallest absolute Gasteiger partial charge is 0.259 e. The summed E-state index contributed by atoms with van der Waals surface area (Å²) in [6, 6.07) is 14.3. The lowest BCUT2D eigenvalue weighted by atomic mass is 10.1. The van der Waals surface area contributed by atoms with Crippen LogP contribution >= 0.6 is 11.6 Å². The van der Waals surface area contributed by atoms with Crippen LogP contribution in [0.1, 0.15) is 27.2 Å². The number of likely N-dealkylation sites (N-methyl/N-ethyl adjacent to an activating group) is 1. The quantitative estimate of drug-likeness (QED) is 0.649. The van der Waals surface area contributed by atoms with Crippen molar-refractivity contribution in [3.05, 3.63) is 81.9 Å². The van der Waals surface area contributed by atoms with E-state index < -0.39 is 0 Å². The Kier molecular flexibility index (Phi) is 5.28. The fourth-order valence-corrected chi connectivity index (χ4v) is 4.00. The predicted octanol–water partition coefficient (Wildman–Crippen LogP) is 4.12. The summed E-state index contributed by atoms with van der Waals surface area (Å²) >= 11 is 6.56. The monoisotopic (exact) mass is 412 g/mol. The minimum absolute atomic E-state index is 0.122. The van der Waals surface area contributed by atoms with E-state index in [9.17, 15) is 9.18 Å². The molecule has 0 bridgehead atoms. The van der Waals surface area contributed by atoms with Crippen LogP contribution in [0.25, 0.3) is 0 Å². The van der Waals surface area contributed by atoms with Crippen LogP contribution in [-0.2, 0) is 13.1 Å². The largest absolute Gasteiger partial charge is 0.373 e. The first kappa shape index (κ1) is 19.5. The number of carbonyl (C=O) groups excluding carboxylic acids is 1. The van der Waals surface area contributed by atoms with Crippen molar-refractivity contribution in [3.8, 4) is 0 Å². The number of carbonyl (C=O) groups is 1. The molecule has 0 fully saturated rings. The van der Waals surface area contributed by atoms with Crippen LogP contribution in [0.3, 0.4) is 0 Å². The Morgan fingerprint density at radius 1 is 1.14 bits per heavy atom. The van der Waals surface area contributed by atoms with Gasteiger partial charge in [0.05, 0.1) is 17.8 Å². The van der Waals surface area contributed by atoms with E-state index in [1.165, 1.54) is 12.1 Å². The standard InChI is InChI=1S/C22H22ClFN4O/c1-15-20(21(23)28(25-15)13-16-7-9-18(24)10-8-16)22(29)27-12-11-26(2)19-6-4-3-5-17(19)14-27/h3-10H,11-14H2,1-2H3. The molecule has 0 atom stereocenters. The normalized spacial score (nSPS) is 13.9. The summed E-state index contributed by atoms with van der Waals surface area (Å²) in [5.41, 5.74) is 4.12. The lowest BCUT2D eigenvalue weighted by molar-refractivity contribution is 0.0751. The third kappa shape index (κ3) is 3.85. The second-order valence-corrected chi connectivity index (χ2v) is 7.67. The Balaban J connectivity index is 1.60. The second kappa shape index (κ2) is 7.87. The molecular formula is C22H22ClFN4O. The first-order valence-electron chi connectivity index (χ1n) is 9.49. The summed E-state index contributed by atoms with van der Waals surface area (Å²) < 4.78 is 14.7. The van der Waals surface area contributed by atoms with Crippen LogP contribution in [0.5, 0.6) is 0 Å². The highest BCUT2D eigenvalue weighted by Crippen LogP contribution is 2.27. The number of aryl methyl sites for hydroxylation is 1. The molecule has 29 heavy (non-hydrogen) atoms. The van der Waals surface area contributed by atoms with Crippen molar-refractivity contribution in [2.24, 2.45) is 0 Å². The Morgan fingerprint density at radius 2 is 1.86 bits per heavy atom. The molecule has 7 heteroatoms. The molecule has 0 aliphatic carbocycles. The molecule has 150 valence electrons. The zero-order valence-corrected chi connectivity index (χ0v) is 17.2. The van der Waals surface area contributed by atoms with E-state index in [1.54, 1.807) is 23.7 Å². The maximum Gasteiger partial charge on any atom is 0.259 e. The van der Waals surface area contributed by atoms with E-state index >= 15 is 0 Å². The first-order chi connectivity index (χ1) is 13.9. The van der Waals surface area contributed by atoms with Crippen LogP contribution in [0.2, 0.25) is 5.15 Å². The van der Waals surface area contributed by atoms with Crippen molar-refractivity contribution in [2.75, 3.05) is 25.0 Å². The molecule has 0 saturated carbocycles. The van der Waals surface area contributed by atoms with Crippen molar-refractivity contribution in [1.82, 2.24) is 14.7 Å². The number of benzene rings is 2. The van der Waals surface area contributed by atoms with Gasteiger partial charge in [-0.15, -0.1) is 0 Å². The molecule has 0 spiro atoms. The fourth-order valence-electron chi connectivity index (χ4n) is 3.69. The summed E-state index contributed by atoms with van der Waals surface area (Å²) in [5.74, 6) is -0.415. The molecule has 2 aromatic carbocycles. The number of aromatic nitrogens is 2. The van der Waals surface area contributed by atoms with Crippen LogP contribution in [0.15, 0.2) is 48.5 Å². The number of halogens is 2. The number of fused-ring (bicyclic) bond motifs is 1. The molecule has 0 N–H and O–H groups in total. The second-order valence-electron chi connectivity index (χ2n) is 7.31. The molecule has 4 rings (SSSR count). The molecular weight excluding hydrogens is 391 g/mol. The molecule has 1 aromatic heterocycles. The van der Waals surface area contributed by atoms with E-state index in [-0.39, 0.29) is 11.7 Å². The van der Waals surface area contributed by atoms with Crippen LogP contribution < -0.4 is 4.90 Å². The van der Waals surface area contributed by atoms with Gasteiger partial charge >= 0.3 is 0 Å². The molecule has 1 aliphatic heterocycles. The number of hydrogen-bond acceptors (Lipinski definition) is 3. The van der Waals surface area contributed by atoms with Gasteiger partial charge < -0.3 is 9.80 Å². The average molecular weight is 413 g/mol. The fraction of sp³-hybridized carbons (Fsp3) is 0.273. The van der Waals surface area contributed by atoms with Gasteiger partial charge in [0.15, 0.2) is 0 Å². The van der Waals surface area contributed by atoms with E-state index in [0.717, 1.165) is 23.4 Å². The van der Waals surface area contributed by atoms with Crippen molar-refractivity contribution < 1.29 is 9.18 Å². The van der Waals surface area contributed by atoms with E-state index in [4.69, 9.17) is 11.6 Å². The highest BCUT2D eigenvalue weighted by molar-refractivity contribution is 6.33. The van der Waals surface area contributed by atoms with Crippen LogP contribution in [0, 0.1) is 12.7 Å². The highest BCUT2D eigenvalue weighted by atomic mass is 35.5. The molecule has 3 aromatic rings. The molecule has 0 radical (unpaired) electrons. The number of amides is 1. The highest BCUT2D eigenvalue weighted by Gasteiger charge is 2.27. The van der Waals surface area contributed by atoms with Gasteiger partial charge in [0, 0.05) is 32.4 Å². The van der Waals surface area contributed by atoms with Gasteiger partial charge in [-0.2, -0.15) is 5.10 Å². The maximum absolute atomic E-state index is 13.3. The minimum Gasteiger partial charge on any atom is -0.373 e. The minimum atomic E-state index is -0.293. The number of anilines is 1. The van der Waals surface area contributed by atoms with Crippen molar-refractivity contribution in [2.45, 2.75) is 20.0 Å². The van der Waals surface area contributed by atoms with Gasteiger partial charge in [0.2, 0.25) is 0 Å². The third-order valence-electron chi connectivity index (χ3n) is 5.28. The van der Waals surface area contributed by atoms with Gasteiger partial charge in [0.25, 0.3) is 5.91 Å². The summed E-state index contributed by atoms with van der Waals surface area (Å²) in [4.78, 5) is 17.3. The number of hydrogen-bond donors (Lipinski definition) is 0. The SMILES string of the molecule is Cc1nn(Cc2ccc(F)cc2)c(Cl)c1C(=O)N1CCN(C)c2ccccc2C1. The zero-order valence-electron chi connectivity index (χ0n) is 16.4. The summed E-state index contributed by atoms with van der Waals surface area (Å²) in [6.45, 7) is 4.03. The van der Waals surface area contributed by atoms with Gasteiger partial charge in [-0.05, 0) is 36.2 Å². The Labute approximate surface area is 174 Å². The lowest BCUT2D eigenvalue weighted by Gasteiger charge is -2.21. The maximum atomic E-state index is 13.3. The van der Waals surface area contributed by atoms with Crippen molar-refractivity contribution in [1.29, 1.82) is 0 Å². The summed E-state index contributed by atoms with van der Waals surface area (Å²) in [6.07, 6.45) is 0. The first-order valence-corrected chi connectivity index (χ1v) is 9.87. The number of nitrogens with zero attached hydrogens (tertiary/aromatic N) is 4. The average Bonchev–Trinajstić information content (AvgIpc) is 2.88. The molecule has 2 heterocycles. The van der Waals surface area contributed by atoms with Crippen molar-refractivity contribution in [3.63, 3.8) is 0 Å². The Hall–Kier alpha value is -2.86. The predicted molar refractivity (Wildman–Crippen MR) is 112 cm³/mol. The Morgan fingerprint density at radius 3 is 2.62 bits per heavy atom. The molecule has 0 saturated heterocycles. The van der Waals surface area contributed by atoms with Gasteiger partial charge in [-0.25, -0.2) is 9.07 Å². The molecule has 5 nitrogen and oxygen atoms in total. The third-order valence-corrected chi connectivity index (χ3v) is 5.67. The van der Waals surface area contributed by atoms with Gasteiger partial charge in [-0.3, -0.25) is 4.79 Å². The lowest BCUT2D eigenvalue weighted by Crippen LogP contribution is -2.34. The number of rotatable bonds is 3. The number of para-hydroxylation sites is 1. The molecule has 1 aliphatic rings. The topological polar surface area (TPSA) is 41.4 Å².